The lowest BCUT2D eigenvalue weighted by molar-refractivity contribution is -0.752. The second-order valence-electron chi connectivity index (χ2n) is 7.32. The normalized spacial score (nSPS) is 39.7. The minimum Gasteiger partial charge on any atom is -0.507 e. The van der Waals surface area contributed by atoms with Gasteiger partial charge in [0.2, 0.25) is 0 Å². The van der Waals surface area contributed by atoms with E-state index in [2.05, 4.69) is 11.4 Å². The highest BCUT2D eigenvalue weighted by atomic mass is 16.3. The van der Waals surface area contributed by atoms with Crippen LogP contribution in [-0.2, 0) is 6.54 Å². The van der Waals surface area contributed by atoms with Gasteiger partial charge in [-0.1, -0.05) is 12.1 Å². The van der Waals surface area contributed by atoms with Gasteiger partial charge in [-0.25, -0.2) is 0 Å². The van der Waals surface area contributed by atoms with Crippen LogP contribution in [0.1, 0.15) is 44.1 Å². The monoisotopic (exact) mass is 258 g/mol. The van der Waals surface area contributed by atoms with Crippen LogP contribution in [-0.4, -0.2) is 10.6 Å². The maximum absolute atomic E-state index is 9.90. The molecule has 0 aromatic heterocycles. The molecule has 0 aliphatic heterocycles. The molecule has 1 aromatic carbocycles. The summed E-state index contributed by atoms with van der Waals surface area (Å²) in [4.78, 5) is 0. The first kappa shape index (κ1) is 11.8. The Morgan fingerprint density at radius 3 is 2.16 bits per heavy atom. The van der Waals surface area contributed by atoms with Crippen LogP contribution in [0.25, 0.3) is 0 Å². The minimum absolute atomic E-state index is 0.462. The van der Waals surface area contributed by atoms with Crippen molar-refractivity contribution in [1.29, 1.82) is 0 Å². The van der Waals surface area contributed by atoms with E-state index in [9.17, 15) is 5.11 Å². The molecule has 2 heteroatoms. The summed E-state index contributed by atoms with van der Waals surface area (Å²) in [5.74, 6) is 3.48. The largest absolute Gasteiger partial charge is 0.507 e. The number of quaternary nitrogens is 1. The molecule has 4 saturated carbocycles. The third-order valence-electron chi connectivity index (χ3n) is 5.83. The molecule has 4 fully saturated rings. The van der Waals surface area contributed by atoms with E-state index in [1.165, 1.54) is 38.5 Å². The minimum atomic E-state index is 0.462. The van der Waals surface area contributed by atoms with E-state index in [0.29, 0.717) is 11.3 Å². The van der Waals surface area contributed by atoms with Gasteiger partial charge in [-0.3, -0.25) is 0 Å². The molecule has 5 rings (SSSR count). The highest BCUT2D eigenvalue weighted by Gasteiger charge is 2.53. The summed E-state index contributed by atoms with van der Waals surface area (Å²) in [5, 5.41) is 12.5. The lowest BCUT2D eigenvalue weighted by Crippen LogP contribution is -2.97. The van der Waals surface area contributed by atoms with Crippen molar-refractivity contribution in [3.63, 3.8) is 0 Å². The number of rotatable bonds is 3. The van der Waals surface area contributed by atoms with E-state index >= 15 is 0 Å². The van der Waals surface area contributed by atoms with Crippen molar-refractivity contribution in [3.05, 3.63) is 29.8 Å². The first-order valence-corrected chi connectivity index (χ1v) is 7.84. The fraction of sp³-hybridized carbons (Fsp3) is 0.647. The molecular formula is C17H24NO+. The number of nitrogens with two attached hydrogens (primary N) is 1. The van der Waals surface area contributed by atoms with Crippen molar-refractivity contribution in [2.75, 3.05) is 0 Å². The average molecular weight is 258 g/mol. The van der Waals surface area contributed by atoms with Crippen LogP contribution in [0.2, 0.25) is 0 Å². The van der Waals surface area contributed by atoms with Crippen molar-refractivity contribution in [2.45, 2.75) is 50.6 Å². The van der Waals surface area contributed by atoms with Crippen molar-refractivity contribution < 1.29 is 10.4 Å². The molecule has 2 nitrogen and oxygen atoms in total. The molecule has 1 aromatic rings. The van der Waals surface area contributed by atoms with Gasteiger partial charge in [0.05, 0.1) is 5.54 Å². The van der Waals surface area contributed by atoms with E-state index in [1.807, 2.05) is 18.2 Å². The van der Waals surface area contributed by atoms with E-state index in [4.69, 9.17) is 0 Å². The van der Waals surface area contributed by atoms with Crippen molar-refractivity contribution in [1.82, 2.24) is 0 Å². The lowest BCUT2D eigenvalue weighted by atomic mass is 9.53. The van der Waals surface area contributed by atoms with Gasteiger partial charge >= 0.3 is 0 Å². The maximum atomic E-state index is 9.90. The van der Waals surface area contributed by atoms with Gasteiger partial charge in [0, 0.05) is 24.8 Å². The molecule has 4 aliphatic rings. The van der Waals surface area contributed by atoms with Gasteiger partial charge in [-0.05, 0) is 49.1 Å². The van der Waals surface area contributed by atoms with Crippen molar-refractivity contribution in [3.8, 4) is 5.75 Å². The number of phenolic OH excluding ortho intramolecular Hbond substituents is 1. The number of hydrogen-bond acceptors (Lipinski definition) is 1. The van der Waals surface area contributed by atoms with Crippen LogP contribution in [0.15, 0.2) is 24.3 Å². The molecule has 0 atom stereocenters. The fourth-order valence-electron chi connectivity index (χ4n) is 5.44. The standard InChI is InChI=1S/C17H23NO/c19-16-4-2-1-3-15(16)11-18-17-8-12-5-13(9-17)7-14(6-12)10-17/h1-4,12-14,18-19H,5-11H2/p+1. The lowest BCUT2D eigenvalue weighted by Gasteiger charge is -2.54. The SMILES string of the molecule is Oc1ccccc1C[NH2+]C12CC3CC(CC(C3)C1)C2. The molecule has 102 valence electrons. The smallest absolute Gasteiger partial charge is 0.124 e. The predicted molar refractivity (Wildman–Crippen MR) is 74.6 cm³/mol. The van der Waals surface area contributed by atoms with Crippen molar-refractivity contribution in [2.24, 2.45) is 17.8 Å². The first-order valence-electron chi connectivity index (χ1n) is 7.84. The third-order valence-corrected chi connectivity index (χ3v) is 5.83. The number of phenols is 1. The Morgan fingerprint density at radius 2 is 1.58 bits per heavy atom. The predicted octanol–water partition coefficient (Wildman–Crippen LogP) is 2.42. The van der Waals surface area contributed by atoms with Crippen LogP contribution in [0.3, 0.4) is 0 Å². The van der Waals surface area contributed by atoms with Gasteiger partial charge in [0.25, 0.3) is 0 Å². The Morgan fingerprint density at radius 1 is 1.00 bits per heavy atom. The Kier molecular flexibility index (Phi) is 2.63. The van der Waals surface area contributed by atoms with Gasteiger partial charge in [0.1, 0.15) is 12.3 Å². The highest BCUT2D eigenvalue weighted by molar-refractivity contribution is 5.30. The second kappa shape index (κ2) is 4.24. The van der Waals surface area contributed by atoms with Gasteiger partial charge in [-0.15, -0.1) is 0 Å². The Bertz CT molecular complexity index is 447. The third kappa shape index (κ3) is 2.06. The first-order chi connectivity index (χ1) is 9.22. The van der Waals surface area contributed by atoms with Crippen LogP contribution in [0.4, 0.5) is 0 Å². The zero-order valence-electron chi connectivity index (χ0n) is 11.5. The van der Waals surface area contributed by atoms with Gasteiger partial charge < -0.3 is 10.4 Å². The molecule has 0 saturated heterocycles. The van der Waals surface area contributed by atoms with Crippen molar-refractivity contribution >= 4 is 0 Å². The topological polar surface area (TPSA) is 36.8 Å². The van der Waals surface area contributed by atoms with E-state index in [0.717, 1.165) is 29.9 Å². The van der Waals surface area contributed by atoms with Crippen LogP contribution in [0, 0.1) is 17.8 Å². The summed E-state index contributed by atoms with van der Waals surface area (Å²) >= 11 is 0. The zero-order chi connectivity index (χ0) is 12.9. The molecule has 0 spiro atoms. The molecular weight excluding hydrogens is 234 g/mol. The number of aromatic hydroxyl groups is 1. The number of benzene rings is 1. The Hall–Kier alpha value is -1.02. The summed E-state index contributed by atoms with van der Waals surface area (Å²) in [5.41, 5.74) is 1.61. The summed E-state index contributed by atoms with van der Waals surface area (Å²) < 4.78 is 0. The number of para-hydroxylation sites is 1. The van der Waals surface area contributed by atoms with Crippen LogP contribution in [0.5, 0.6) is 5.75 Å². The molecule has 0 unspecified atom stereocenters. The molecule has 0 amide bonds. The highest BCUT2D eigenvalue weighted by Crippen LogP contribution is 2.54. The molecule has 4 bridgehead atoms. The average Bonchev–Trinajstić information content (AvgIpc) is 2.36. The quantitative estimate of drug-likeness (QED) is 0.858. The zero-order valence-corrected chi connectivity index (χ0v) is 11.5. The summed E-state index contributed by atoms with van der Waals surface area (Å²) in [7, 11) is 0. The van der Waals surface area contributed by atoms with E-state index < -0.39 is 0 Å². The molecule has 3 N–H and O–H groups in total. The summed E-state index contributed by atoms with van der Waals surface area (Å²) in [6.45, 7) is 0.943. The molecule has 0 heterocycles. The van der Waals surface area contributed by atoms with Gasteiger partial charge in [-0.2, -0.15) is 0 Å². The van der Waals surface area contributed by atoms with E-state index in [-0.39, 0.29) is 0 Å². The Balaban J connectivity index is 1.49. The van der Waals surface area contributed by atoms with Crippen LogP contribution < -0.4 is 5.32 Å². The molecule has 4 aliphatic carbocycles. The van der Waals surface area contributed by atoms with Gasteiger partial charge in [0.15, 0.2) is 0 Å². The molecule has 0 radical (unpaired) electrons. The molecule has 19 heavy (non-hydrogen) atoms. The number of hydrogen-bond donors (Lipinski definition) is 2. The Labute approximate surface area is 115 Å². The summed E-state index contributed by atoms with van der Waals surface area (Å²) in [6.07, 6.45) is 8.78. The maximum Gasteiger partial charge on any atom is 0.124 e. The second-order valence-corrected chi connectivity index (χ2v) is 7.32. The fourth-order valence-corrected chi connectivity index (χ4v) is 5.44. The summed E-state index contributed by atoms with van der Waals surface area (Å²) in [6, 6.07) is 7.81. The van der Waals surface area contributed by atoms with E-state index in [1.54, 1.807) is 0 Å². The van der Waals surface area contributed by atoms with Crippen LogP contribution >= 0.6 is 0 Å².